The fraction of sp³-hybridized carbons (Fsp3) is 0.200. The van der Waals surface area contributed by atoms with E-state index < -0.39 is 17.7 Å². The lowest BCUT2D eigenvalue weighted by molar-refractivity contribution is 0.537. The molecule has 0 saturated heterocycles. The smallest absolute Gasteiger partial charge is 0.129 e. The quantitative estimate of drug-likeness (QED) is 0.826. The molecule has 0 aliphatic carbocycles. The third-order valence-corrected chi connectivity index (χ3v) is 2.30. The van der Waals surface area contributed by atoms with Gasteiger partial charge in [0.15, 0.2) is 0 Å². The molecule has 4 nitrogen and oxygen atoms in total. The van der Waals surface area contributed by atoms with Gasteiger partial charge in [-0.2, -0.15) is 15.4 Å². The van der Waals surface area contributed by atoms with Crippen molar-refractivity contribution < 1.29 is 8.78 Å². The molecule has 0 amide bonds. The minimum absolute atomic E-state index is 0.0296. The van der Waals surface area contributed by atoms with Crippen LogP contribution in [0.4, 0.5) is 8.78 Å². The second-order valence-corrected chi connectivity index (χ2v) is 3.41. The maximum absolute atomic E-state index is 13.3. The van der Waals surface area contributed by atoms with E-state index in [-0.39, 0.29) is 12.0 Å². The maximum Gasteiger partial charge on any atom is 0.129 e. The molecule has 16 heavy (non-hydrogen) atoms. The standard InChI is InChI=1S/C10H10F2N4/c11-7-2-1-3-8(12)6(7)4-9(13)10-5-14-16-15-10/h1-3,5,9H,4,13H2,(H,14,15,16). The van der Waals surface area contributed by atoms with Crippen molar-refractivity contribution in [3.8, 4) is 0 Å². The van der Waals surface area contributed by atoms with Crippen molar-refractivity contribution in [1.29, 1.82) is 0 Å². The first-order valence-corrected chi connectivity index (χ1v) is 4.72. The molecular weight excluding hydrogens is 214 g/mol. The summed E-state index contributed by atoms with van der Waals surface area (Å²) in [6.45, 7) is 0. The van der Waals surface area contributed by atoms with Crippen molar-refractivity contribution in [2.75, 3.05) is 0 Å². The Kier molecular flexibility index (Phi) is 2.91. The molecule has 0 spiro atoms. The minimum atomic E-state index is -0.598. The van der Waals surface area contributed by atoms with Gasteiger partial charge in [0.2, 0.25) is 0 Å². The summed E-state index contributed by atoms with van der Waals surface area (Å²) in [5.41, 5.74) is 6.20. The number of rotatable bonds is 3. The number of aromatic amines is 1. The van der Waals surface area contributed by atoms with Crippen molar-refractivity contribution in [1.82, 2.24) is 15.4 Å². The van der Waals surface area contributed by atoms with Crippen LogP contribution in [0, 0.1) is 11.6 Å². The Hall–Kier alpha value is -1.82. The predicted octanol–water partition coefficient (Wildman–Crippen LogP) is 1.33. The molecule has 2 aromatic rings. The molecule has 1 unspecified atom stereocenters. The summed E-state index contributed by atoms with van der Waals surface area (Å²) < 4.78 is 26.6. The number of halogens is 2. The van der Waals surface area contributed by atoms with E-state index in [1.165, 1.54) is 24.4 Å². The maximum atomic E-state index is 13.3. The summed E-state index contributed by atoms with van der Waals surface area (Å²) in [7, 11) is 0. The Morgan fingerprint density at radius 3 is 2.56 bits per heavy atom. The Morgan fingerprint density at radius 1 is 1.31 bits per heavy atom. The number of H-pyrrole nitrogens is 1. The zero-order chi connectivity index (χ0) is 11.5. The third kappa shape index (κ3) is 2.06. The minimum Gasteiger partial charge on any atom is -0.322 e. The molecule has 0 aliphatic heterocycles. The second kappa shape index (κ2) is 4.36. The van der Waals surface area contributed by atoms with Crippen LogP contribution in [0.25, 0.3) is 0 Å². The molecule has 0 fully saturated rings. The predicted molar refractivity (Wildman–Crippen MR) is 53.4 cm³/mol. The average Bonchev–Trinajstić information content (AvgIpc) is 2.76. The van der Waals surface area contributed by atoms with E-state index in [0.717, 1.165) is 0 Å². The largest absolute Gasteiger partial charge is 0.322 e. The van der Waals surface area contributed by atoms with Gasteiger partial charge >= 0.3 is 0 Å². The second-order valence-electron chi connectivity index (χ2n) is 3.41. The number of benzene rings is 1. The Morgan fingerprint density at radius 2 is 2.00 bits per heavy atom. The summed E-state index contributed by atoms with van der Waals surface area (Å²) in [5, 5.41) is 9.75. The van der Waals surface area contributed by atoms with Gasteiger partial charge in [0.1, 0.15) is 11.6 Å². The summed E-state index contributed by atoms with van der Waals surface area (Å²) in [5.74, 6) is -1.20. The highest BCUT2D eigenvalue weighted by molar-refractivity contribution is 5.22. The van der Waals surface area contributed by atoms with E-state index in [0.29, 0.717) is 5.69 Å². The van der Waals surface area contributed by atoms with E-state index in [1.807, 2.05) is 0 Å². The summed E-state index contributed by atoms with van der Waals surface area (Å²) in [6, 6.07) is 3.14. The van der Waals surface area contributed by atoms with E-state index in [2.05, 4.69) is 15.4 Å². The van der Waals surface area contributed by atoms with Crippen LogP contribution in [-0.4, -0.2) is 15.4 Å². The molecule has 0 bridgehead atoms. The van der Waals surface area contributed by atoms with Crippen LogP contribution >= 0.6 is 0 Å². The van der Waals surface area contributed by atoms with E-state index in [4.69, 9.17) is 5.73 Å². The number of hydrogen-bond acceptors (Lipinski definition) is 3. The average molecular weight is 224 g/mol. The van der Waals surface area contributed by atoms with Crippen molar-refractivity contribution in [3.63, 3.8) is 0 Å². The zero-order valence-electron chi connectivity index (χ0n) is 8.32. The molecule has 1 heterocycles. The molecule has 3 N–H and O–H groups in total. The van der Waals surface area contributed by atoms with E-state index in [1.54, 1.807) is 0 Å². The van der Waals surface area contributed by atoms with Crippen LogP contribution in [0.3, 0.4) is 0 Å². The van der Waals surface area contributed by atoms with Crippen molar-refractivity contribution in [2.45, 2.75) is 12.5 Å². The summed E-state index contributed by atoms with van der Waals surface area (Å²) in [4.78, 5) is 0. The Labute approximate surface area is 90.5 Å². The van der Waals surface area contributed by atoms with Crippen molar-refractivity contribution in [3.05, 3.63) is 47.3 Å². The molecule has 0 aliphatic rings. The highest BCUT2D eigenvalue weighted by Gasteiger charge is 2.15. The molecule has 0 radical (unpaired) electrons. The molecule has 2 rings (SSSR count). The summed E-state index contributed by atoms with van der Waals surface area (Å²) >= 11 is 0. The number of nitrogens with zero attached hydrogens (tertiary/aromatic N) is 2. The van der Waals surface area contributed by atoms with Crippen LogP contribution in [0.15, 0.2) is 24.4 Å². The molecule has 1 atom stereocenters. The molecule has 84 valence electrons. The van der Waals surface area contributed by atoms with E-state index in [9.17, 15) is 8.78 Å². The lowest BCUT2D eigenvalue weighted by atomic mass is 10.0. The molecule has 1 aromatic heterocycles. The number of hydrogen-bond donors (Lipinski definition) is 2. The van der Waals surface area contributed by atoms with Gasteiger partial charge < -0.3 is 5.73 Å². The fourth-order valence-electron chi connectivity index (χ4n) is 1.44. The number of nitrogens with two attached hydrogens (primary N) is 1. The van der Waals surface area contributed by atoms with Crippen LogP contribution in [0.5, 0.6) is 0 Å². The Balaban J connectivity index is 2.21. The molecular formula is C10H10F2N4. The number of nitrogens with one attached hydrogen (secondary N) is 1. The first-order valence-electron chi connectivity index (χ1n) is 4.72. The topological polar surface area (TPSA) is 67.6 Å². The molecule has 6 heteroatoms. The highest BCUT2D eigenvalue weighted by Crippen LogP contribution is 2.18. The highest BCUT2D eigenvalue weighted by atomic mass is 19.1. The lowest BCUT2D eigenvalue weighted by Crippen LogP contribution is -2.15. The SMILES string of the molecule is NC(Cc1c(F)cccc1F)c1cn[nH]n1. The van der Waals surface area contributed by atoms with Gasteiger partial charge in [-0.25, -0.2) is 8.78 Å². The van der Waals surface area contributed by atoms with Gasteiger partial charge in [-0.3, -0.25) is 0 Å². The van der Waals surface area contributed by atoms with Crippen molar-refractivity contribution in [2.24, 2.45) is 5.73 Å². The van der Waals surface area contributed by atoms with Gasteiger partial charge in [0, 0.05) is 5.56 Å². The Bertz CT molecular complexity index is 449. The molecule has 1 aromatic carbocycles. The van der Waals surface area contributed by atoms with Gasteiger partial charge in [-0.1, -0.05) is 6.07 Å². The van der Waals surface area contributed by atoms with Crippen LogP contribution in [0.1, 0.15) is 17.3 Å². The summed E-state index contributed by atoms with van der Waals surface area (Å²) in [6.07, 6.45) is 1.48. The van der Waals surface area contributed by atoms with Crippen LogP contribution in [0.2, 0.25) is 0 Å². The first-order chi connectivity index (χ1) is 7.68. The van der Waals surface area contributed by atoms with Crippen LogP contribution in [-0.2, 0) is 6.42 Å². The first kappa shape index (κ1) is 10.7. The van der Waals surface area contributed by atoms with E-state index >= 15 is 0 Å². The normalized spacial score (nSPS) is 12.7. The molecule has 0 saturated carbocycles. The van der Waals surface area contributed by atoms with Crippen LogP contribution < -0.4 is 5.73 Å². The van der Waals surface area contributed by atoms with Crippen molar-refractivity contribution >= 4 is 0 Å². The monoisotopic (exact) mass is 224 g/mol. The fourth-order valence-corrected chi connectivity index (χ4v) is 1.44. The number of aromatic nitrogens is 3. The van der Waals surface area contributed by atoms with Gasteiger partial charge in [0.25, 0.3) is 0 Å². The third-order valence-electron chi connectivity index (χ3n) is 2.30. The van der Waals surface area contributed by atoms with Gasteiger partial charge in [0.05, 0.1) is 17.9 Å². The van der Waals surface area contributed by atoms with Gasteiger partial charge in [-0.05, 0) is 18.6 Å². The zero-order valence-corrected chi connectivity index (χ0v) is 8.32. The lowest BCUT2D eigenvalue weighted by Gasteiger charge is -2.09. The van der Waals surface area contributed by atoms with Gasteiger partial charge in [-0.15, -0.1) is 0 Å².